The van der Waals surface area contributed by atoms with Crippen LogP contribution in [0.3, 0.4) is 0 Å². The molecule has 4 nitrogen and oxygen atoms in total. The van der Waals surface area contributed by atoms with Crippen molar-refractivity contribution in [3.8, 4) is 0 Å². The van der Waals surface area contributed by atoms with Gasteiger partial charge in [-0.05, 0) is 48.0 Å². The number of aliphatic hydroxyl groups is 1. The SMILES string of the molecule is C[C@H](O)[C@@H](COCc1ccccc1)O[C@@H]1C[C@H]2[C@H]3CC[C@@](C)([C@H]2O1)C3(C)C. The maximum absolute atomic E-state index is 10.2. The van der Waals surface area contributed by atoms with Crippen molar-refractivity contribution in [2.24, 2.45) is 22.7 Å². The molecule has 150 valence electrons. The smallest absolute Gasteiger partial charge is 0.158 e. The van der Waals surface area contributed by atoms with E-state index in [0.29, 0.717) is 24.5 Å². The molecule has 3 fully saturated rings. The molecule has 27 heavy (non-hydrogen) atoms. The van der Waals surface area contributed by atoms with Crippen molar-refractivity contribution in [3.63, 3.8) is 0 Å². The predicted molar refractivity (Wildman–Crippen MR) is 104 cm³/mol. The molecular weight excluding hydrogens is 340 g/mol. The predicted octanol–water partition coefficient (Wildman–Crippen LogP) is 4.16. The Bertz CT molecular complexity index is 643. The largest absolute Gasteiger partial charge is 0.391 e. The second kappa shape index (κ2) is 7.14. The van der Waals surface area contributed by atoms with Crippen LogP contribution in [0.1, 0.15) is 52.5 Å². The van der Waals surface area contributed by atoms with Crippen molar-refractivity contribution in [1.82, 2.24) is 0 Å². The Hall–Kier alpha value is -0.940. The van der Waals surface area contributed by atoms with Crippen molar-refractivity contribution >= 4 is 0 Å². The molecule has 1 aliphatic heterocycles. The van der Waals surface area contributed by atoms with Gasteiger partial charge in [0.2, 0.25) is 0 Å². The quantitative estimate of drug-likeness (QED) is 0.779. The van der Waals surface area contributed by atoms with Crippen LogP contribution in [0, 0.1) is 22.7 Å². The highest BCUT2D eigenvalue weighted by molar-refractivity contribution is 5.16. The Balaban J connectivity index is 1.33. The number of hydrogen-bond acceptors (Lipinski definition) is 4. The van der Waals surface area contributed by atoms with Crippen molar-refractivity contribution in [3.05, 3.63) is 35.9 Å². The molecule has 1 aromatic rings. The Kier molecular flexibility index (Phi) is 5.13. The first kappa shape index (κ1) is 19.4. The molecule has 1 saturated heterocycles. The fourth-order valence-electron chi connectivity index (χ4n) is 5.93. The van der Waals surface area contributed by atoms with Crippen molar-refractivity contribution in [1.29, 1.82) is 0 Å². The first-order chi connectivity index (χ1) is 12.8. The zero-order valence-electron chi connectivity index (χ0n) is 17.1. The maximum Gasteiger partial charge on any atom is 0.158 e. The van der Waals surface area contributed by atoms with Gasteiger partial charge < -0.3 is 19.3 Å². The van der Waals surface area contributed by atoms with Crippen molar-refractivity contribution in [2.75, 3.05) is 6.61 Å². The lowest BCUT2D eigenvalue weighted by atomic mass is 9.70. The topological polar surface area (TPSA) is 47.9 Å². The normalized spacial score (nSPS) is 38.7. The molecule has 3 aliphatic rings. The van der Waals surface area contributed by atoms with Gasteiger partial charge in [0.25, 0.3) is 0 Å². The number of aliphatic hydroxyl groups excluding tert-OH is 1. The number of ether oxygens (including phenoxy) is 3. The van der Waals surface area contributed by atoms with E-state index in [1.807, 2.05) is 30.3 Å². The van der Waals surface area contributed by atoms with E-state index in [2.05, 4.69) is 20.8 Å². The second-order valence-corrected chi connectivity index (χ2v) is 9.59. The van der Waals surface area contributed by atoms with Gasteiger partial charge in [0.1, 0.15) is 6.10 Å². The Labute approximate surface area is 163 Å². The minimum atomic E-state index is -0.589. The lowest BCUT2D eigenvalue weighted by molar-refractivity contribution is -0.211. The molecule has 2 saturated carbocycles. The second-order valence-electron chi connectivity index (χ2n) is 9.59. The van der Waals surface area contributed by atoms with Gasteiger partial charge in [-0.1, -0.05) is 51.1 Å². The van der Waals surface area contributed by atoms with E-state index in [0.717, 1.165) is 17.9 Å². The summed E-state index contributed by atoms with van der Waals surface area (Å²) in [6.07, 6.45) is 2.60. The average Bonchev–Trinajstić information content (AvgIpc) is 3.19. The fraction of sp³-hybridized carbons (Fsp3) is 0.739. The van der Waals surface area contributed by atoms with Crippen LogP contribution in [-0.2, 0) is 20.8 Å². The van der Waals surface area contributed by atoms with E-state index in [1.165, 1.54) is 12.8 Å². The highest BCUT2D eigenvalue weighted by atomic mass is 16.7. The number of fused-ring (bicyclic) bond motifs is 5. The first-order valence-electron chi connectivity index (χ1n) is 10.4. The Morgan fingerprint density at radius 2 is 1.96 bits per heavy atom. The zero-order chi connectivity index (χ0) is 19.2. The summed E-state index contributed by atoms with van der Waals surface area (Å²) < 4.78 is 18.4. The molecule has 1 aromatic carbocycles. The Morgan fingerprint density at radius 1 is 1.22 bits per heavy atom. The maximum atomic E-state index is 10.2. The van der Waals surface area contributed by atoms with Gasteiger partial charge in [-0.25, -0.2) is 0 Å². The molecule has 7 atom stereocenters. The summed E-state index contributed by atoms with van der Waals surface area (Å²) >= 11 is 0. The standard InChI is InChI=1S/C23H34O4/c1-15(24)19(14-25-13-16-8-6-5-7-9-16)26-20-12-17-18-10-11-23(4,21(17)27-20)22(18,2)3/h5-9,15,17-21,24H,10-14H2,1-4H3/t15-,17-,18+,19+,20-,21-,23-/m0/s1. The monoisotopic (exact) mass is 374 g/mol. The molecule has 0 unspecified atom stereocenters. The highest BCUT2D eigenvalue weighted by Crippen LogP contribution is 2.71. The first-order valence-corrected chi connectivity index (χ1v) is 10.4. The third-order valence-electron chi connectivity index (χ3n) is 7.93. The van der Waals surface area contributed by atoms with Crippen LogP contribution in [-0.4, -0.2) is 36.3 Å². The summed E-state index contributed by atoms with van der Waals surface area (Å²) in [7, 11) is 0. The summed E-state index contributed by atoms with van der Waals surface area (Å²) in [5, 5.41) is 10.2. The molecular formula is C23H34O4. The molecule has 1 heterocycles. The van der Waals surface area contributed by atoms with Gasteiger partial charge in [0, 0.05) is 6.42 Å². The van der Waals surface area contributed by atoms with Crippen LogP contribution >= 0.6 is 0 Å². The molecule has 4 heteroatoms. The highest BCUT2D eigenvalue weighted by Gasteiger charge is 2.69. The van der Waals surface area contributed by atoms with Gasteiger partial charge in [0.15, 0.2) is 6.29 Å². The van der Waals surface area contributed by atoms with Crippen molar-refractivity contribution in [2.45, 2.75) is 78.2 Å². The van der Waals surface area contributed by atoms with Gasteiger partial charge >= 0.3 is 0 Å². The van der Waals surface area contributed by atoms with E-state index in [4.69, 9.17) is 14.2 Å². The lowest BCUT2D eigenvalue weighted by Crippen LogP contribution is -2.39. The minimum absolute atomic E-state index is 0.226. The number of rotatable bonds is 7. The third kappa shape index (κ3) is 3.25. The van der Waals surface area contributed by atoms with Crippen molar-refractivity contribution < 1.29 is 19.3 Å². The van der Waals surface area contributed by atoms with Crippen LogP contribution in [0.2, 0.25) is 0 Å². The van der Waals surface area contributed by atoms with E-state index < -0.39 is 6.10 Å². The van der Waals surface area contributed by atoms with Crippen LogP contribution in [0.15, 0.2) is 30.3 Å². The number of hydrogen-bond donors (Lipinski definition) is 1. The fourth-order valence-corrected chi connectivity index (χ4v) is 5.93. The summed E-state index contributed by atoms with van der Waals surface area (Å²) in [5.74, 6) is 1.31. The molecule has 0 radical (unpaired) electrons. The van der Waals surface area contributed by atoms with Gasteiger partial charge in [-0.2, -0.15) is 0 Å². The minimum Gasteiger partial charge on any atom is -0.391 e. The summed E-state index contributed by atoms with van der Waals surface area (Å²) in [6, 6.07) is 10.1. The van der Waals surface area contributed by atoms with Crippen LogP contribution in [0.4, 0.5) is 0 Å². The summed E-state index contributed by atoms with van der Waals surface area (Å²) in [4.78, 5) is 0. The molecule has 0 amide bonds. The average molecular weight is 375 g/mol. The van der Waals surface area contributed by atoms with E-state index in [9.17, 15) is 5.11 Å². The lowest BCUT2D eigenvalue weighted by Gasteiger charge is -2.39. The molecule has 0 aromatic heterocycles. The summed E-state index contributed by atoms with van der Waals surface area (Å²) in [6.45, 7) is 9.89. The van der Waals surface area contributed by atoms with Crippen LogP contribution in [0.25, 0.3) is 0 Å². The van der Waals surface area contributed by atoms with Crippen LogP contribution < -0.4 is 0 Å². The van der Waals surface area contributed by atoms with Gasteiger partial charge in [0.05, 0.1) is 25.4 Å². The number of benzene rings is 1. The van der Waals surface area contributed by atoms with E-state index >= 15 is 0 Å². The molecule has 0 spiro atoms. The molecule has 4 rings (SSSR count). The Morgan fingerprint density at radius 3 is 2.63 bits per heavy atom. The third-order valence-corrected chi connectivity index (χ3v) is 7.93. The van der Waals surface area contributed by atoms with E-state index in [1.54, 1.807) is 6.92 Å². The zero-order valence-corrected chi connectivity index (χ0v) is 17.1. The molecule has 2 bridgehead atoms. The molecule has 1 N–H and O–H groups in total. The van der Waals surface area contributed by atoms with Gasteiger partial charge in [-0.3, -0.25) is 0 Å². The van der Waals surface area contributed by atoms with Gasteiger partial charge in [-0.15, -0.1) is 0 Å². The van der Waals surface area contributed by atoms with Crippen LogP contribution in [0.5, 0.6) is 0 Å². The molecule has 2 aliphatic carbocycles. The van der Waals surface area contributed by atoms with E-state index in [-0.39, 0.29) is 23.9 Å². The summed E-state index contributed by atoms with van der Waals surface area (Å²) in [5.41, 5.74) is 1.71.